The predicted molar refractivity (Wildman–Crippen MR) is 111 cm³/mol. The number of likely N-dealkylation sites (N-methyl/N-ethyl adjacent to an activating group) is 1. The van der Waals surface area contributed by atoms with Gasteiger partial charge in [0.1, 0.15) is 5.82 Å². The summed E-state index contributed by atoms with van der Waals surface area (Å²) in [5.41, 5.74) is 2.91. The van der Waals surface area contributed by atoms with E-state index in [1.807, 2.05) is 36.2 Å². The number of hydrogen-bond acceptors (Lipinski definition) is 4. The number of rotatable bonds is 7. The number of piperidine rings is 1. The molecule has 1 amide bonds. The van der Waals surface area contributed by atoms with Gasteiger partial charge in [0.2, 0.25) is 5.91 Å². The van der Waals surface area contributed by atoms with E-state index in [-0.39, 0.29) is 23.8 Å². The summed E-state index contributed by atoms with van der Waals surface area (Å²) < 4.78 is 18.2. The molecule has 1 saturated heterocycles. The lowest BCUT2D eigenvalue weighted by atomic mass is 9.99. The number of ether oxygens (including phenoxy) is 1. The summed E-state index contributed by atoms with van der Waals surface area (Å²) in [6, 6.07) is 11.1. The topological polar surface area (TPSA) is 45.7 Å². The number of pyridine rings is 1. The van der Waals surface area contributed by atoms with Gasteiger partial charge in [-0.15, -0.1) is 0 Å². The van der Waals surface area contributed by atoms with Gasteiger partial charge in [-0.05, 0) is 49.1 Å². The molecule has 0 radical (unpaired) electrons. The summed E-state index contributed by atoms with van der Waals surface area (Å²) in [6.07, 6.45) is 4.01. The van der Waals surface area contributed by atoms with Crippen molar-refractivity contribution in [1.29, 1.82) is 0 Å². The Kier molecular flexibility index (Phi) is 7.34. The van der Waals surface area contributed by atoms with Crippen LogP contribution in [-0.2, 0) is 22.6 Å². The van der Waals surface area contributed by atoms with E-state index in [4.69, 9.17) is 4.74 Å². The van der Waals surface area contributed by atoms with Crippen molar-refractivity contribution in [3.05, 3.63) is 65.2 Å². The Labute approximate surface area is 172 Å². The SMILES string of the molecule is COCc1ccc(CC(=O)N(C)C2CCN(C(C)c3ccc(F)cc3)CC2)cn1. The maximum Gasteiger partial charge on any atom is 0.227 e. The van der Waals surface area contributed by atoms with Crippen molar-refractivity contribution in [3.63, 3.8) is 0 Å². The summed E-state index contributed by atoms with van der Waals surface area (Å²) >= 11 is 0. The van der Waals surface area contributed by atoms with Crippen molar-refractivity contribution in [2.45, 2.75) is 44.9 Å². The van der Waals surface area contributed by atoms with E-state index in [0.717, 1.165) is 42.8 Å². The highest BCUT2D eigenvalue weighted by molar-refractivity contribution is 5.78. The van der Waals surface area contributed by atoms with E-state index >= 15 is 0 Å². The van der Waals surface area contributed by atoms with Crippen LogP contribution in [0.4, 0.5) is 4.39 Å². The third kappa shape index (κ3) is 5.61. The van der Waals surface area contributed by atoms with Gasteiger partial charge in [0, 0.05) is 45.5 Å². The number of hydrogen-bond donors (Lipinski definition) is 0. The minimum absolute atomic E-state index is 0.122. The fraction of sp³-hybridized carbons (Fsp3) is 0.478. The highest BCUT2D eigenvalue weighted by atomic mass is 19.1. The molecule has 1 fully saturated rings. The summed E-state index contributed by atoms with van der Waals surface area (Å²) in [6.45, 7) is 4.48. The quantitative estimate of drug-likeness (QED) is 0.714. The van der Waals surface area contributed by atoms with Crippen LogP contribution in [0.2, 0.25) is 0 Å². The summed E-state index contributed by atoms with van der Waals surface area (Å²) in [4.78, 5) is 21.3. The minimum Gasteiger partial charge on any atom is -0.378 e. The summed E-state index contributed by atoms with van der Waals surface area (Å²) in [7, 11) is 3.54. The molecule has 1 unspecified atom stereocenters. The highest BCUT2D eigenvalue weighted by Crippen LogP contribution is 2.26. The number of benzene rings is 1. The molecule has 156 valence electrons. The summed E-state index contributed by atoms with van der Waals surface area (Å²) in [5, 5.41) is 0. The fourth-order valence-corrected chi connectivity index (χ4v) is 3.91. The number of aromatic nitrogens is 1. The second kappa shape index (κ2) is 9.94. The molecular formula is C23H30FN3O2. The van der Waals surface area contributed by atoms with Gasteiger partial charge in [-0.25, -0.2) is 4.39 Å². The van der Waals surface area contributed by atoms with Crippen LogP contribution in [0.5, 0.6) is 0 Å². The first kappa shape index (κ1) is 21.4. The normalized spacial score (nSPS) is 16.6. The smallest absolute Gasteiger partial charge is 0.227 e. The number of amides is 1. The molecule has 3 rings (SSSR count). The first-order chi connectivity index (χ1) is 14.0. The zero-order valence-electron chi connectivity index (χ0n) is 17.5. The number of nitrogens with zero attached hydrogens (tertiary/aromatic N) is 3. The molecule has 0 saturated carbocycles. The molecule has 0 N–H and O–H groups in total. The van der Waals surface area contributed by atoms with Crippen LogP contribution in [0.25, 0.3) is 0 Å². The number of likely N-dealkylation sites (tertiary alicyclic amines) is 1. The van der Waals surface area contributed by atoms with Crippen molar-refractivity contribution in [1.82, 2.24) is 14.8 Å². The summed E-state index contributed by atoms with van der Waals surface area (Å²) in [5.74, 6) is -0.0837. The van der Waals surface area contributed by atoms with Crippen LogP contribution in [-0.4, -0.2) is 54.0 Å². The lowest BCUT2D eigenvalue weighted by Crippen LogP contribution is -2.46. The van der Waals surface area contributed by atoms with Gasteiger partial charge >= 0.3 is 0 Å². The predicted octanol–water partition coefficient (Wildman–Crippen LogP) is 3.59. The molecule has 5 nitrogen and oxygen atoms in total. The van der Waals surface area contributed by atoms with Gasteiger partial charge in [0.15, 0.2) is 0 Å². The van der Waals surface area contributed by atoms with E-state index in [9.17, 15) is 9.18 Å². The van der Waals surface area contributed by atoms with Crippen molar-refractivity contribution < 1.29 is 13.9 Å². The van der Waals surface area contributed by atoms with E-state index in [0.29, 0.717) is 13.0 Å². The Morgan fingerprint density at radius 1 is 1.24 bits per heavy atom. The van der Waals surface area contributed by atoms with Crippen LogP contribution in [0.1, 0.15) is 42.6 Å². The first-order valence-corrected chi connectivity index (χ1v) is 10.2. The van der Waals surface area contributed by atoms with Gasteiger partial charge in [-0.3, -0.25) is 14.7 Å². The molecule has 1 aromatic carbocycles. The third-order valence-corrected chi connectivity index (χ3v) is 5.87. The average Bonchev–Trinajstić information content (AvgIpc) is 2.75. The number of halogens is 1. The van der Waals surface area contributed by atoms with E-state index in [1.165, 1.54) is 12.1 Å². The van der Waals surface area contributed by atoms with Crippen molar-refractivity contribution in [3.8, 4) is 0 Å². The van der Waals surface area contributed by atoms with Gasteiger partial charge in [0.25, 0.3) is 0 Å². The zero-order valence-corrected chi connectivity index (χ0v) is 17.5. The molecule has 29 heavy (non-hydrogen) atoms. The molecule has 0 aliphatic carbocycles. The molecule has 2 heterocycles. The Hall–Kier alpha value is -2.31. The number of carbonyl (C=O) groups excluding carboxylic acids is 1. The van der Waals surface area contributed by atoms with E-state index in [1.54, 1.807) is 13.3 Å². The molecule has 1 aliphatic heterocycles. The molecule has 0 spiro atoms. The second-order valence-corrected chi connectivity index (χ2v) is 7.77. The van der Waals surface area contributed by atoms with Crippen molar-refractivity contribution >= 4 is 5.91 Å². The third-order valence-electron chi connectivity index (χ3n) is 5.87. The standard InChI is InChI=1S/C23H30FN3O2/c1-17(19-5-7-20(24)8-6-19)27-12-10-22(11-13-27)26(2)23(28)14-18-4-9-21(16-29-3)25-15-18/h4-9,15,17,22H,10-14,16H2,1-3H3. The molecule has 1 aromatic heterocycles. The average molecular weight is 400 g/mol. The van der Waals surface area contributed by atoms with Gasteiger partial charge in [0.05, 0.1) is 18.7 Å². The highest BCUT2D eigenvalue weighted by Gasteiger charge is 2.27. The molecular weight excluding hydrogens is 369 g/mol. The fourth-order valence-electron chi connectivity index (χ4n) is 3.91. The lowest BCUT2D eigenvalue weighted by molar-refractivity contribution is -0.132. The maximum atomic E-state index is 13.2. The van der Waals surface area contributed by atoms with Gasteiger partial charge in [-0.1, -0.05) is 18.2 Å². The Balaban J connectivity index is 1.50. The van der Waals surface area contributed by atoms with E-state index in [2.05, 4.69) is 16.8 Å². The van der Waals surface area contributed by atoms with Crippen molar-refractivity contribution in [2.75, 3.05) is 27.2 Å². The molecule has 0 bridgehead atoms. The Morgan fingerprint density at radius 3 is 2.52 bits per heavy atom. The zero-order chi connectivity index (χ0) is 20.8. The molecule has 1 aliphatic rings. The van der Waals surface area contributed by atoms with Crippen LogP contribution < -0.4 is 0 Å². The van der Waals surface area contributed by atoms with Crippen LogP contribution in [0.3, 0.4) is 0 Å². The van der Waals surface area contributed by atoms with Crippen LogP contribution in [0, 0.1) is 5.82 Å². The van der Waals surface area contributed by atoms with E-state index < -0.39 is 0 Å². The Morgan fingerprint density at radius 2 is 1.93 bits per heavy atom. The van der Waals surface area contributed by atoms with Crippen LogP contribution in [0.15, 0.2) is 42.6 Å². The van der Waals surface area contributed by atoms with Gasteiger partial charge in [-0.2, -0.15) is 0 Å². The number of carbonyl (C=O) groups is 1. The Bertz CT molecular complexity index is 787. The first-order valence-electron chi connectivity index (χ1n) is 10.2. The molecule has 2 aromatic rings. The second-order valence-electron chi connectivity index (χ2n) is 7.77. The van der Waals surface area contributed by atoms with Crippen LogP contribution >= 0.6 is 0 Å². The molecule has 1 atom stereocenters. The minimum atomic E-state index is -0.205. The largest absolute Gasteiger partial charge is 0.378 e. The monoisotopic (exact) mass is 399 g/mol. The lowest BCUT2D eigenvalue weighted by Gasteiger charge is -2.39. The van der Waals surface area contributed by atoms with Gasteiger partial charge < -0.3 is 9.64 Å². The van der Waals surface area contributed by atoms with Crippen molar-refractivity contribution in [2.24, 2.45) is 0 Å². The maximum absolute atomic E-state index is 13.2. The molecule has 6 heteroatoms. The number of methoxy groups -OCH3 is 1.